The van der Waals surface area contributed by atoms with Gasteiger partial charge in [-0.2, -0.15) is 0 Å². The monoisotopic (exact) mass is 268 g/mol. The van der Waals surface area contributed by atoms with E-state index >= 15 is 0 Å². The van der Waals surface area contributed by atoms with Crippen LogP contribution in [-0.2, 0) is 4.79 Å². The Labute approximate surface area is 113 Å². The van der Waals surface area contributed by atoms with E-state index in [0.29, 0.717) is 13.0 Å². The lowest BCUT2D eigenvalue weighted by Gasteiger charge is -2.38. The van der Waals surface area contributed by atoms with Crippen molar-refractivity contribution >= 4 is 12.0 Å². The van der Waals surface area contributed by atoms with E-state index in [2.05, 4.69) is 5.92 Å². The third-order valence-electron chi connectivity index (χ3n) is 3.21. The molecule has 0 bridgehead atoms. The maximum absolute atomic E-state index is 12.3. The zero-order chi connectivity index (χ0) is 14.3. The smallest absolute Gasteiger partial charge is 0.323 e. The summed E-state index contributed by atoms with van der Waals surface area (Å²) in [6, 6.07) is -0.376. The molecule has 1 aliphatic rings. The molecular weight excluding hydrogens is 248 g/mol. The van der Waals surface area contributed by atoms with Gasteiger partial charge in [0.2, 0.25) is 0 Å². The number of carboxylic acids is 1. The Morgan fingerprint density at radius 3 is 2.74 bits per heavy atom. The zero-order valence-corrected chi connectivity index (χ0v) is 10.9. The Kier molecular flexibility index (Phi) is 6.16. The SMILES string of the molecule is C#CCN(CC(=O)O)C(=O)N1CCCCC1CCO. The van der Waals surface area contributed by atoms with E-state index in [0.717, 1.165) is 24.2 Å². The third kappa shape index (κ3) is 4.45. The lowest BCUT2D eigenvalue weighted by Crippen LogP contribution is -2.51. The van der Waals surface area contributed by atoms with Crippen LogP contribution < -0.4 is 0 Å². The van der Waals surface area contributed by atoms with Crippen molar-refractivity contribution in [3.8, 4) is 12.3 Å². The Balaban J connectivity index is 2.74. The summed E-state index contributed by atoms with van der Waals surface area (Å²) in [6.45, 7) is 0.186. The summed E-state index contributed by atoms with van der Waals surface area (Å²) in [5, 5.41) is 17.8. The predicted molar refractivity (Wildman–Crippen MR) is 69.5 cm³/mol. The van der Waals surface area contributed by atoms with Gasteiger partial charge in [0, 0.05) is 19.2 Å². The summed E-state index contributed by atoms with van der Waals surface area (Å²) < 4.78 is 0. The fraction of sp³-hybridized carbons (Fsp3) is 0.692. The summed E-state index contributed by atoms with van der Waals surface area (Å²) in [6.07, 6.45) is 8.43. The largest absolute Gasteiger partial charge is 0.480 e. The normalized spacial score (nSPS) is 18.7. The standard InChI is InChI=1S/C13H20N2O4/c1-2-7-14(10-12(17)18)13(19)15-8-4-3-5-11(15)6-9-16/h1,11,16H,3-10H2,(H,17,18). The number of hydrogen-bond donors (Lipinski definition) is 2. The maximum Gasteiger partial charge on any atom is 0.323 e. The van der Waals surface area contributed by atoms with Gasteiger partial charge in [-0.3, -0.25) is 4.79 Å². The Bertz CT molecular complexity index is 362. The minimum atomic E-state index is -1.08. The van der Waals surface area contributed by atoms with Crippen molar-refractivity contribution in [3.05, 3.63) is 0 Å². The minimum Gasteiger partial charge on any atom is -0.480 e. The number of urea groups is 1. The van der Waals surface area contributed by atoms with Crippen molar-refractivity contribution < 1.29 is 19.8 Å². The molecule has 0 aromatic carbocycles. The third-order valence-corrected chi connectivity index (χ3v) is 3.21. The number of aliphatic hydroxyl groups is 1. The van der Waals surface area contributed by atoms with Crippen LogP contribution in [0, 0.1) is 12.3 Å². The number of carbonyl (C=O) groups excluding carboxylic acids is 1. The van der Waals surface area contributed by atoms with Crippen LogP contribution in [0.15, 0.2) is 0 Å². The molecule has 106 valence electrons. The second-order valence-electron chi connectivity index (χ2n) is 4.59. The summed E-state index contributed by atoms with van der Waals surface area (Å²) >= 11 is 0. The van der Waals surface area contributed by atoms with Gasteiger partial charge in [0.1, 0.15) is 6.54 Å². The highest BCUT2D eigenvalue weighted by molar-refractivity contribution is 5.80. The van der Waals surface area contributed by atoms with Gasteiger partial charge in [-0.05, 0) is 25.7 Å². The van der Waals surface area contributed by atoms with Crippen molar-refractivity contribution in [1.29, 1.82) is 0 Å². The number of aliphatic carboxylic acids is 1. The zero-order valence-electron chi connectivity index (χ0n) is 10.9. The summed E-state index contributed by atoms with van der Waals surface area (Å²) in [4.78, 5) is 25.9. The van der Waals surface area contributed by atoms with E-state index < -0.39 is 12.5 Å². The van der Waals surface area contributed by atoms with Crippen LogP contribution in [0.3, 0.4) is 0 Å². The molecule has 0 saturated carbocycles. The van der Waals surface area contributed by atoms with Gasteiger partial charge >= 0.3 is 12.0 Å². The molecule has 1 atom stereocenters. The predicted octanol–water partition coefficient (Wildman–Crippen LogP) is 0.363. The molecule has 1 saturated heterocycles. The molecule has 1 fully saturated rings. The number of aliphatic hydroxyl groups excluding tert-OH is 1. The number of hydrogen-bond acceptors (Lipinski definition) is 3. The van der Waals surface area contributed by atoms with Crippen molar-refractivity contribution in [2.45, 2.75) is 31.7 Å². The number of likely N-dealkylation sites (tertiary alicyclic amines) is 1. The van der Waals surface area contributed by atoms with Gasteiger partial charge in [-0.15, -0.1) is 6.42 Å². The second-order valence-corrected chi connectivity index (χ2v) is 4.59. The van der Waals surface area contributed by atoms with E-state index in [1.165, 1.54) is 0 Å². The summed E-state index contributed by atoms with van der Waals surface area (Å²) in [5.74, 6) is 1.22. The lowest BCUT2D eigenvalue weighted by atomic mass is 10.00. The molecule has 1 unspecified atom stereocenters. The van der Waals surface area contributed by atoms with Crippen LogP contribution in [0.1, 0.15) is 25.7 Å². The molecule has 1 aliphatic heterocycles. The molecule has 2 N–H and O–H groups in total. The Morgan fingerprint density at radius 2 is 2.16 bits per heavy atom. The van der Waals surface area contributed by atoms with Crippen molar-refractivity contribution in [1.82, 2.24) is 9.80 Å². The Morgan fingerprint density at radius 1 is 1.42 bits per heavy atom. The molecule has 1 rings (SSSR count). The quantitative estimate of drug-likeness (QED) is 0.706. The van der Waals surface area contributed by atoms with Crippen LogP contribution in [0.25, 0.3) is 0 Å². The van der Waals surface area contributed by atoms with Gasteiger partial charge in [0.25, 0.3) is 0 Å². The lowest BCUT2D eigenvalue weighted by molar-refractivity contribution is -0.137. The van der Waals surface area contributed by atoms with Crippen LogP contribution in [-0.4, -0.2) is 64.3 Å². The molecule has 0 aromatic rings. The van der Waals surface area contributed by atoms with E-state index in [1.54, 1.807) is 4.90 Å². The number of rotatable bonds is 5. The molecule has 0 radical (unpaired) electrons. The van der Waals surface area contributed by atoms with Gasteiger partial charge in [-0.1, -0.05) is 5.92 Å². The van der Waals surface area contributed by atoms with Gasteiger partial charge in [-0.25, -0.2) is 4.79 Å². The van der Waals surface area contributed by atoms with Crippen LogP contribution in [0.4, 0.5) is 4.79 Å². The van der Waals surface area contributed by atoms with E-state index in [-0.39, 0.29) is 25.2 Å². The molecule has 6 heteroatoms. The molecule has 6 nitrogen and oxygen atoms in total. The highest BCUT2D eigenvalue weighted by Crippen LogP contribution is 2.20. The van der Waals surface area contributed by atoms with Gasteiger partial charge in [0.05, 0.1) is 6.54 Å². The van der Waals surface area contributed by atoms with Gasteiger partial charge in [0.15, 0.2) is 0 Å². The van der Waals surface area contributed by atoms with E-state index in [9.17, 15) is 9.59 Å². The Hall–Kier alpha value is -1.74. The first-order valence-corrected chi connectivity index (χ1v) is 6.41. The first-order valence-electron chi connectivity index (χ1n) is 6.41. The van der Waals surface area contributed by atoms with Crippen LogP contribution >= 0.6 is 0 Å². The number of piperidine rings is 1. The van der Waals surface area contributed by atoms with Gasteiger partial charge < -0.3 is 20.0 Å². The number of nitrogens with zero attached hydrogens (tertiary/aromatic N) is 2. The minimum absolute atomic E-state index is 0.0164. The second kappa shape index (κ2) is 7.64. The fourth-order valence-corrected chi connectivity index (χ4v) is 2.35. The topological polar surface area (TPSA) is 81.1 Å². The van der Waals surface area contributed by atoms with E-state index in [1.807, 2.05) is 0 Å². The average Bonchev–Trinajstić information content (AvgIpc) is 2.38. The molecule has 2 amide bonds. The van der Waals surface area contributed by atoms with Crippen molar-refractivity contribution in [3.63, 3.8) is 0 Å². The number of amides is 2. The molecule has 19 heavy (non-hydrogen) atoms. The highest BCUT2D eigenvalue weighted by Gasteiger charge is 2.30. The molecule has 0 aliphatic carbocycles. The first kappa shape index (κ1) is 15.3. The number of terminal acetylenes is 1. The van der Waals surface area contributed by atoms with Crippen LogP contribution in [0.2, 0.25) is 0 Å². The summed E-state index contributed by atoms with van der Waals surface area (Å²) in [7, 11) is 0. The number of carbonyl (C=O) groups is 2. The number of carboxylic acid groups (broad SMARTS) is 1. The molecule has 1 heterocycles. The fourth-order valence-electron chi connectivity index (χ4n) is 2.35. The maximum atomic E-state index is 12.3. The van der Waals surface area contributed by atoms with Crippen molar-refractivity contribution in [2.24, 2.45) is 0 Å². The molecule has 0 aromatic heterocycles. The molecular formula is C13H20N2O4. The first-order chi connectivity index (χ1) is 9.10. The summed E-state index contributed by atoms with van der Waals surface area (Å²) in [5.41, 5.74) is 0. The highest BCUT2D eigenvalue weighted by atomic mass is 16.4. The average molecular weight is 268 g/mol. The van der Waals surface area contributed by atoms with Crippen molar-refractivity contribution in [2.75, 3.05) is 26.2 Å². The molecule has 0 spiro atoms. The van der Waals surface area contributed by atoms with E-state index in [4.69, 9.17) is 16.6 Å². The van der Waals surface area contributed by atoms with Crippen LogP contribution in [0.5, 0.6) is 0 Å².